The maximum absolute atomic E-state index is 5.24. The van der Waals surface area contributed by atoms with Crippen LogP contribution in [-0.4, -0.2) is 38.6 Å². The second-order valence-corrected chi connectivity index (χ2v) is 3.57. The van der Waals surface area contributed by atoms with Crippen LogP contribution in [0.25, 0.3) is 0 Å². The van der Waals surface area contributed by atoms with Crippen molar-refractivity contribution in [3.63, 3.8) is 0 Å². The molecule has 0 aromatic carbocycles. The highest BCUT2D eigenvalue weighted by atomic mass is 79.9. The average molecular weight is 253 g/mol. The highest BCUT2D eigenvalue weighted by molar-refractivity contribution is 9.09. The number of methoxy groups -OCH3 is 3. The van der Waals surface area contributed by atoms with E-state index in [-0.39, 0.29) is 17.2 Å². The number of halogens is 1. The zero-order valence-electron chi connectivity index (χ0n) is 8.49. The van der Waals surface area contributed by atoms with Gasteiger partial charge in [-0.2, -0.15) is 0 Å². The molecule has 0 spiro atoms. The van der Waals surface area contributed by atoms with Crippen molar-refractivity contribution in [2.24, 2.45) is 0 Å². The van der Waals surface area contributed by atoms with Gasteiger partial charge in [-0.25, -0.2) is 0 Å². The summed E-state index contributed by atoms with van der Waals surface area (Å²) in [6.07, 6.45) is 3.53. The summed E-state index contributed by atoms with van der Waals surface area (Å²) in [6.45, 7) is 1.94. The van der Waals surface area contributed by atoms with Gasteiger partial charge in [0, 0.05) is 21.3 Å². The predicted molar refractivity (Wildman–Crippen MR) is 56.1 cm³/mol. The van der Waals surface area contributed by atoms with Crippen molar-refractivity contribution < 1.29 is 14.2 Å². The zero-order valence-corrected chi connectivity index (χ0v) is 10.1. The molecule has 3 nitrogen and oxygen atoms in total. The van der Waals surface area contributed by atoms with Crippen molar-refractivity contribution in [1.82, 2.24) is 0 Å². The molecule has 0 N–H and O–H groups in total. The largest absolute Gasteiger partial charge is 0.376 e. The van der Waals surface area contributed by atoms with Crippen LogP contribution in [-0.2, 0) is 14.2 Å². The van der Waals surface area contributed by atoms with Crippen LogP contribution in [0.15, 0.2) is 12.2 Å². The van der Waals surface area contributed by atoms with Crippen molar-refractivity contribution in [3.8, 4) is 0 Å². The fraction of sp³-hybridized carbons (Fsp3) is 0.778. The highest BCUT2D eigenvalue weighted by Crippen LogP contribution is 2.17. The first-order chi connectivity index (χ1) is 6.21. The molecule has 0 saturated heterocycles. The summed E-state index contributed by atoms with van der Waals surface area (Å²) in [7, 11) is 4.86. The van der Waals surface area contributed by atoms with E-state index >= 15 is 0 Å². The van der Waals surface area contributed by atoms with E-state index in [4.69, 9.17) is 14.2 Å². The molecule has 0 bridgehead atoms. The summed E-state index contributed by atoms with van der Waals surface area (Å²) in [5.74, 6) is 0. The number of rotatable bonds is 6. The molecule has 0 saturated carbocycles. The van der Waals surface area contributed by atoms with Crippen LogP contribution in [0.5, 0.6) is 0 Å². The monoisotopic (exact) mass is 252 g/mol. The number of ether oxygens (including phenoxy) is 3. The third-order valence-corrected chi connectivity index (χ3v) is 2.65. The Labute approximate surface area is 88.2 Å². The molecule has 0 fully saturated rings. The van der Waals surface area contributed by atoms with E-state index in [0.29, 0.717) is 0 Å². The quantitative estimate of drug-likeness (QED) is 0.411. The minimum absolute atomic E-state index is 0.0105. The smallest absolute Gasteiger partial charge is 0.172 e. The summed E-state index contributed by atoms with van der Waals surface area (Å²) in [6, 6.07) is 0. The topological polar surface area (TPSA) is 27.7 Å². The van der Waals surface area contributed by atoms with Crippen molar-refractivity contribution in [3.05, 3.63) is 12.2 Å². The van der Waals surface area contributed by atoms with Gasteiger partial charge in [0.05, 0.1) is 10.9 Å². The van der Waals surface area contributed by atoms with E-state index < -0.39 is 0 Å². The van der Waals surface area contributed by atoms with Crippen LogP contribution in [0.1, 0.15) is 6.92 Å². The number of hydrogen-bond donors (Lipinski definition) is 0. The third-order valence-electron chi connectivity index (χ3n) is 1.69. The van der Waals surface area contributed by atoms with Crippen molar-refractivity contribution in [2.75, 3.05) is 21.3 Å². The molecule has 0 unspecified atom stereocenters. The Morgan fingerprint density at radius 1 is 1.08 bits per heavy atom. The first-order valence-corrected chi connectivity index (χ1v) is 4.98. The Balaban J connectivity index is 4.24. The standard InChI is InChI=1S/C9H17BrO3/c1-5-6-7(11-2)8(10)9(12-3)13-4/h5-9H,1-4H3/t7-,8+/m1/s1. The minimum Gasteiger partial charge on any atom is -0.376 e. The Hall–Kier alpha value is 0.100. The summed E-state index contributed by atoms with van der Waals surface area (Å²) in [5, 5.41) is 0. The summed E-state index contributed by atoms with van der Waals surface area (Å²) in [4.78, 5) is -0.0105. The Bertz CT molecular complexity index is 146. The Morgan fingerprint density at radius 2 is 1.62 bits per heavy atom. The molecule has 0 aromatic heterocycles. The number of alkyl halides is 1. The lowest BCUT2D eigenvalue weighted by molar-refractivity contribution is -0.114. The van der Waals surface area contributed by atoms with Gasteiger partial charge in [0.1, 0.15) is 0 Å². The second kappa shape index (κ2) is 7.50. The van der Waals surface area contributed by atoms with Gasteiger partial charge in [0.2, 0.25) is 0 Å². The normalized spacial score (nSPS) is 16.8. The molecule has 78 valence electrons. The lowest BCUT2D eigenvalue weighted by Crippen LogP contribution is -2.35. The first-order valence-electron chi connectivity index (χ1n) is 4.06. The molecule has 2 atom stereocenters. The lowest BCUT2D eigenvalue weighted by atomic mass is 10.2. The van der Waals surface area contributed by atoms with Crippen LogP contribution in [0.3, 0.4) is 0 Å². The van der Waals surface area contributed by atoms with Gasteiger partial charge in [-0.1, -0.05) is 28.1 Å². The maximum Gasteiger partial charge on any atom is 0.172 e. The molecule has 0 aliphatic rings. The molecule has 0 rings (SSSR count). The molecule has 0 amide bonds. The van der Waals surface area contributed by atoms with Gasteiger partial charge in [-0.3, -0.25) is 0 Å². The molecule has 0 heterocycles. The van der Waals surface area contributed by atoms with Gasteiger partial charge in [0.15, 0.2) is 6.29 Å². The van der Waals surface area contributed by atoms with Crippen molar-refractivity contribution in [1.29, 1.82) is 0 Å². The lowest BCUT2D eigenvalue weighted by Gasteiger charge is -2.24. The van der Waals surface area contributed by atoms with Gasteiger partial charge < -0.3 is 14.2 Å². The van der Waals surface area contributed by atoms with Crippen molar-refractivity contribution in [2.45, 2.75) is 24.1 Å². The van der Waals surface area contributed by atoms with Crippen LogP contribution in [0, 0.1) is 0 Å². The van der Waals surface area contributed by atoms with Gasteiger partial charge in [-0.15, -0.1) is 0 Å². The summed E-state index contributed by atoms with van der Waals surface area (Å²) >= 11 is 3.47. The van der Waals surface area contributed by atoms with Crippen molar-refractivity contribution >= 4 is 15.9 Å². The SMILES string of the molecule is CC=C[C@@H](OC)[C@H](Br)C(OC)OC. The van der Waals surface area contributed by atoms with E-state index in [0.717, 1.165) is 0 Å². The fourth-order valence-electron chi connectivity index (χ4n) is 1.02. The molecule has 13 heavy (non-hydrogen) atoms. The predicted octanol–water partition coefficient (Wildman–Crippen LogP) is 1.96. The van der Waals surface area contributed by atoms with Crippen LogP contribution >= 0.6 is 15.9 Å². The van der Waals surface area contributed by atoms with E-state index in [2.05, 4.69) is 15.9 Å². The molecule has 4 heteroatoms. The molecule has 0 aromatic rings. The van der Waals surface area contributed by atoms with Crippen LogP contribution < -0.4 is 0 Å². The van der Waals surface area contributed by atoms with E-state index in [1.54, 1.807) is 21.3 Å². The minimum atomic E-state index is -0.304. The first kappa shape index (κ1) is 13.1. The van der Waals surface area contributed by atoms with Gasteiger partial charge >= 0.3 is 0 Å². The van der Waals surface area contributed by atoms with Crippen LogP contribution in [0.4, 0.5) is 0 Å². The highest BCUT2D eigenvalue weighted by Gasteiger charge is 2.25. The fourth-order valence-corrected chi connectivity index (χ4v) is 1.84. The summed E-state index contributed by atoms with van der Waals surface area (Å²) < 4.78 is 15.5. The molecular formula is C9H17BrO3. The van der Waals surface area contributed by atoms with E-state index in [1.165, 1.54) is 0 Å². The number of hydrogen-bond acceptors (Lipinski definition) is 3. The van der Waals surface area contributed by atoms with E-state index in [9.17, 15) is 0 Å². The van der Waals surface area contributed by atoms with Gasteiger partial charge in [0.25, 0.3) is 0 Å². The maximum atomic E-state index is 5.24. The zero-order chi connectivity index (χ0) is 10.3. The summed E-state index contributed by atoms with van der Waals surface area (Å²) in [5.41, 5.74) is 0. The molecule has 0 radical (unpaired) electrons. The molecular weight excluding hydrogens is 236 g/mol. The van der Waals surface area contributed by atoms with Crippen LogP contribution in [0.2, 0.25) is 0 Å². The molecule has 0 aliphatic carbocycles. The Kier molecular flexibility index (Phi) is 7.56. The molecule has 0 aliphatic heterocycles. The average Bonchev–Trinajstić information content (AvgIpc) is 2.15. The number of allylic oxidation sites excluding steroid dienone is 1. The van der Waals surface area contributed by atoms with Gasteiger partial charge in [-0.05, 0) is 6.92 Å². The van der Waals surface area contributed by atoms with E-state index in [1.807, 2.05) is 19.1 Å². The second-order valence-electron chi connectivity index (χ2n) is 2.51. The third kappa shape index (κ3) is 4.22. The Morgan fingerprint density at radius 3 is 1.92 bits per heavy atom.